The molecule has 2 atom stereocenters. The molecule has 1 aromatic carbocycles. The molecule has 0 saturated carbocycles. The molecule has 0 bridgehead atoms. The molecule has 1 aliphatic heterocycles. The number of anilines is 1. The second kappa shape index (κ2) is 9.89. The summed E-state index contributed by atoms with van der Waals surface area (Å²) < 4.78 is 40.3. The fourth-order valence-electron chi connectivity index (χ4n) is 3.73. The Morgan fingerprint density at radius 2 is 2.06 bits per heavy atom. The van der Waals surface area contributed by atoms with E-state index in [1.807, 2.05) is 12.1 Å². The van der Waals surface area contributed by atoms with Gasteiger partial charge < -0.3 is 15.3 Å². The lowest BCUT2D eigenvalue weighted by Crippen LogP contribution is -2.45. The number of halogens is 4. The summed E-state index contributed by atoms with van der Waals surface area (Å²) in [7, 11) is 0. The Hall–Kier alpha value is -1.97. The van der Waals surface area contributed by atoms with Gasteiger partial charge in [0.1, 0.15) is 5.25 Å². The van der Waals surface area contributed by atoms with Gasteiger partial charge in [-0.1, -0.05) is 18.5 Å². The number of fused-ring (bicyclic) bond motifs is 1. The first-order chi connectivity index (χ1) is 15.0. The molecule has 174 valence electrons. The molecule has 0 aliphatic carbocycles. The van der Waals surface area contributed by atoms with Crippen molar-refractivity contribution < 1.29 is 23.1 Å². The number of carbonyl (C=O) groups is 1. The van der Waals surface area contributed by atoms with Crippen LogP contribution in [0.2, 0.25) is 5.02 Å². The SMILES string of the molecule is CCSC(C1=CC(C)(O)N(CCCCNc2ccnc3cc(Cl)ccc23)C1=O)C(F)(F)F. The lowest BCUT2D eigenvalue weighted by Gasteiger charge is -2.30. The van der Waals surface area contributed by atoms with Crippen LogP contribution in [0.4, 0.5) is 18.9 Å². The van der Waals surface area contributed by atoms with Crippen LogP contribution in [-0.4, -0.2) is 56.9 Å². The molecule has 10 heteroatoms. The number of aromatic nitrogens is 1. The quantitative estimate of drug-likeness (QED) is 0.473. The van der Waals surface area contributed by atoms with Crippen molar-refractivity contribution in [2.75, 3.05) is 24.2 Å². The first-order valence-corrected chi connectivity index (χ1v) is 11.7. The highest BCUT2D eigenvalue weighted by Gasteiger charge is 2.50. The zero-order valence-corrected chi connectivity index (χ0v) is 19.3. The highest BCUT2D eigenvalue weighted by Crippen LogP contribution is 2.40. The van der Waals surface area contributed by atoms with Crippen molar-refractivity contribution >= 4 is 45.9 Å². The van der Waals surface area contributed by atoms with Gasteiger partial charge in [-0.05, 0) is 55.9 Å². The molecule has 1 amide bonds. The Labute approximate surface area is 194 Å². The highest BCUT2D eigenvalue weighted by atomic mass is 35.5. The molecule has 2 unspecified atom stereocenters. The minimum absolute atomic E-state index is 0.154. The summed E-state index contributed by atoms with van der Waals surface area (Å²) in [5.41, 5.74) is -0.471. The predicted molar refractivity (Wildman–Crippen MR) is 123 cm³/mol. The Morgan fingerprint density at radius 3 is 2.75 bits per heavy atom. The molecule has 3 rings (SSSR count). The molecule has 1 aliphatic rings. The molecule has 0 spiro atoms. The van der Waals surface area contributed by atoms with Crippen LogP contribution in [0.15, 0.2) is 42.1 Å². The molecule has 32 heavy (non-hydrogen) atoms. The van der Waals surface area contributed by atoms with Crippen molar-refractivity contribution in [3.8, 4) is 0 Å². The monoisotopic (exact) mass is 487 g/mol. The summed E-state index contributed by atoms with van der Waals surface area (Å²) in [5, 5.41) is 13.5. The Kier molecular flexibility index (Phi) is 7.62. The van der Waals surface area contributed by atoms with E-state index in [9.17, 15) is 23.1 Å². The third-order valence-electron chi connectivity index (χ3n) is 5.21. The lowest BCUT2D eigenvalue weighted by atomic mass is 10.1. The average molecular weight is 488 g/mol. The maximum atomic E-state index is 13.4. The van der Waals surface area contributed by atoms with Gasteiger partial charge in [-0.15, -0.1) is 11.8 Å². The van der Waals surface area contributed by atoms with Crippen molar-refractivity contribution in [3.05, 3.63) is 47.1 Å². The molecule has 2 N–H and O–H groups in total. The molecular formula is C22H25ClF3N3O2S. The molecule has 5 nitrogen and oxygen atoms in total. The number of alkyl halides is 3. The van der Waals surface area contributed by atoms with Crippen LogP contribution in [0.1, 0.15) is 26.7 Å². The van der Waals surface area contributed by atoms with Crippen LogP contribution in [0, 0.1) is 0 Å². The summed E-state index contributed by atoms with van der Waals surface area (Å²) in [5.74, 6) is -0.554. The van der Waals surface area contributed by atoms with Gasteiger partial charge >= 0.3 is 6.18 Å². The van der Waals surface area contributed by atoms with E-state index in [0.29, 0.717) is 36.2 Å². The van der Waals surface area contributed by atoms with Crippen LogP contribution in [0.25, 0.3) is 10.9 Å². The smallest absolute Gasteiger partial charge is 0.384 e. The van der Waals surface area contributed by atoms with Crippen molar-refractivity contribution in [2.24, 2.45) is 0 Å². The number of hydrogen-bond donors (Lipinski definition) is 2. The number of hydrogen-bond acceptors (Lipinski definition) is 5. The number of nitrogens with one attached hydrogen (secondary N) is 1. The summed E-state index contributed by atoms with van der Waals surface area (Å²) in [6.07, 6.45) is -0.667. The third kappa shape index (κ3) is 5.50. The van der Waals surface area contributed by atoms with Crippen LogP contribution in [0.3, 0.4) is 0 Å². The minimum Gasteiger partial charge on any atom is -0.384 e. The number of nitrogens with zero attached hydrogens (tertiary/aromatic N) is 2. The van der Waals surface area contributed by atoms with E-state index in [2.05, 4.69) is 10.3 Å². The normalized spacial score (nSPS) is 20.0. The molecule has 0 fully saturated rings. The second-order valence-electron chi connectivity index (χ2n) is 7.68. The van der Waals surface area contributed by atoms with Crippen LogP contribution >= 0.6 is 23.4 Å². The van der Waals surface area contributed by atoms with Gasteiger partial charge in [0.2, 0.25) is 0 Å². The summed E-state index contributed by atoms with van der Waals surface area (Å²) >= 11 is 6.65. The standard InChI is InChI=1S/C22H25ClF3N3O2S/c1-3-32-19(22(24,25)26)16-13-21(2,31)29(20(16)30)11-5-4-9-27-17-8-10-28-18-12-14(23)6-7-15(17)18/h6-8,10,12-13,19,31H,3-5,9,11H2,1-2H3,(H,27,28). The largest absolute Gasteiger partial charge is 0.404 e. The number of carbonyl (C=O) groups excluding carboxylic acids is 1. The van der Waals surface area contributed by atoms with E-state index in [4.69, 9.17) is 11.6 Å². The van der Waals surface area contributed by atoms with Crippen molar-refractivity contribution in [1.82, 2.24) is 9.88 Å². The van der Waals surface area contributed by atoms with Gasteiger partial charge in [0.15, 0.2) is 5.72 Å². The first-order valence-electron chi connectivity index (χ1n) is 10.3. The van der Waals surface area contributed by atoms with E-state index < -0.39 is 28.6 Å². The number of benzene rings is 1. The number of pyridine rings is 1. The first kappa shape index (κ1) is 24.7. The number of amides is 1. The molecule has 1 aromatic heterocycles. The van der Waals surface area contributed by atoms with Crippen molar-refractivity contribution in [2.45, 2.75) is 43.8 Å². The summed E-state index contributed by atoms with van der Waals surface area (Å²) in [4.78, 5) is 18.1. The van der Waals surface area contributed by atoms with Crippen LogP contribution in [0.5, 0.6) is 0 Å². The number of rotatable bonds is 9. The maximum absolute atomic E-state index is 13.4. The van der Waals surface area contributed by atoms with E-state index >= 15 is 0 Å². The number of thioether (sulfide) groups is 1. The Morgan fingerprint density at radius 1 is 1.31 bits per heavy atom. The van der Waals surface area contributed by atoms with E-state index in [0.717, 1.165) is 27.6 Å². The van der Waals surface area contributed by atoms with Gasteiger partial charge in [-0.2, -0.15) is 13.2 Å². The topological polar surface area (TPSA) is 65.5 Å². The van der Waals surface area contributed by atoms with E-state index in [1.165, 1.54) is 6.92 Å². The molecule has 2 heterocycles. The van der Waals surface area contributed by atoms with Crippen molar-refractivity contribution in [1.29, 1.82) is 0 Å². The Bertz CT molecular complexity index is 1010. The predicted octanol–water partition coefficient (Wildman–Crippen LogP) is 5.24. The second-order valence-corrected chi connectivity index (χ2v) is 9.50. The van der Waals surface area contributed by atoms with Crippen LogP contribution in [-0.2, 0) is 4.79 Å². The molecule has 0 radical (unpaired) electrons. The van der Waals surface area contributed by atoms with E-state index in [1.54, 1.807) is 25.3 Å². The third-order valence-corrected chi connectivity index (χ3v) is 6.63. The fourth-order valence-corrected chi connectivity index (χ4v) is 4.77. The molecule has 2 aromatic rings. The minimum atomic E-state index is -4.56. The van der Waals surface area contributed by atoms with Crippen molar-refractivity contribution in [3.63, 3.8) is 0 Å². The lowest BCUT2D eigenvalue weighted by molar-refractivity contribution is -0.144. The summed E-state index contributed by atoms with van der Waals surface area (Å²) in [6.45, 7) is 3.69. The maximum Gasteiger partial charge on any atom is 0.404 e. The Balaban J connectivity index is 1.57. The molecular weight excluding hydrogens is 463 g/mol. The van der Waals surface area contributed by atoms with Gasteiger partial charge in [0, 0.05) is 41.0 Å². The van der Waals surface area contributed by atoms with Crippen LogP contribution < -0.4 is 5.32 Å². The number of unbranched alkanes of at least 4 members (excludes halogenated alkanes) is 1. The van der Waals surface area contributed by atoms with Gasteiger partial charge in [0.25, 0.3) is 5.91 Å². The van der Waals surface area contributed by atoms with E-state index in [-0.39, 0.29) is 12.3 Å². The number of aliphatic hydroxyl groups is 1. The summed E-state index contributed by atoms with van der Waals surface area (Å²) in [6, 6.07) is 7.29. The zero-order chi connectivity index (χ0) is 23.5. The van der Waals surface area contributed by atoms with Gasteiger partial charge in [-0.25, -0.2) is 0 Å². The zero-order valence-electron chi connectivity index (χ0n) is 17.7. The molecule has 0 saturated heterocycles. The van der Waals surface area contributed by atoms with Gasteiger partial charge in [0.05, 0.1) is 5.52 Å². The highest BCUT2D eigenvalue weighted by molar-refractivity contribution is 8.00. The fraction of sp³-hybridized carbons (Fsp3) is 0.455. The average Bonchev–Trinajstić information content (AvgIpc) is 2.93. The van der Waals surface area contributed by atoms with Gasteiger partial charge in [-0.3, -0.25) is 9.78 Å².